The first-order chi connectivity index (χ1) is 14.6. The molecule has 4 amide bonds. The van der Waals surface area contributed by atoms with E-state index in [0.29, 0.717) is 56.2 Å². The van der Waals surface area contributed by atoms with Crippen LogP contribution in [-0.4, -0.2) is 59.5 Å². The molecule has 0 aliphatic carbocycles. The molecular weight excluding hydrogens is 396 g/mol. The number of rotatable bonds is 2. The van der Waals surface area contributed by atoms with Gasteiger partial charge in [0.25, 0.3) is 23.6 Å². The maximum absolute atomic E-state index is 12.9. The second-order valence-corrected chi connectivity index (χ2v) is 8.04. The molecule has 0 radical (unpaired) electrons. The monoisotopic (exact) mass is 416 g/mol. The van der Waals surface area contributed by atoms with Crippen LogP contribution >= 0.6 is 0 Å². The first-order valence-electron chi connectivity index (χ1n) is 9.82. The minimum Gasteiger partial charge on any atom is -0.325 e. The Balaban J connectivity index is 1.71. The summed E-state index contributed by atoms with van der Waals surface area (Å²) in [5.41, 5.74) is 5.06. The fraction of sp³-hybridized carbons (Fsp3) is 0.217. The van der Waals surface area contributed by atoms with Crippen molar-refractivity contribution in [3.63, 3.8) is 0 Å². The van der Waals surface area contributed by atoms with Crippen LogP contribution in [-0.2, 0) is 19.2 Å². The lowest BCUT2D eigenvalue weighted by Crippen LogP contribution is -2.25. The Labute approximate surface area is 178 Å². The zero-order valence-electron chi connectivity index (χ0n) is 17.8. The van der Waals surface area contributed by atoms with Crippen molar-refractivity contribution in [3.05, 3.63) is 69.1 Å². The van der Waals surface area contributed by atoms with Crippen LogP contribution in [0.1, 0.15) is 25.0 Å². The molecule has 0 aromatic heterocycles. The molecule has 0 unspecified atom stereocenters. The summed E-state index contributed by atoms with van der Waals surface area (Å²) in [6.45, 7) is 3.46. The van der Waals surface area contributed by atoms with E-state index in [4.69, 9.17) is 0 Å². The molecule has 1 aromatic rings. The van der Waals surface area contributed by atoms with Crippen LogP contribution < -0.4 is 5.32 Å². The number of likely N-dealkylation sites (N-methyl/N-ethyl adjacent to an activating group) is 3. The molecule has 1 N–H and O–H groups in total. The molecule has 4 aliphatic rings. The summed E-state index contributed by atoms with van der Waals surface area (Å²) < 4.78 is 0. The Hall–Kier alpha value is -3.94. The van der Waals surface area contributed by atoms with Gasteiger partial charge >= 0.3 is 0 Å². The van der Waals surface area contributed by atoms with E-state index in [1.807, 2.05) is 18.2 Å². The lowest BCUT2D eigenvalue weighted by molar-refractivity contribution is -0.123. The van der Waals surface area contributed by atoms with Crippen LogP contribution in [0.5, 0.6) is 0 Å². The molecule has 4 heterocycles. The standard InChI is InChI=1S/C23H20N4O4/c1-10-14-16(20(28)24-10)18(26(4)21(14)29)12-7-6-8-13(9-12)19-17-15(22(30)27(19)5)11(2)25(3)23(17)31/h6-9H,1-5H3,(H,24,28). The van der Waals surface area contributed by atoms with Crippen LogP contribution in [0, 0.1) is 0 Å². The third kappa shape index (κ3) is 2.24. The highest BCUT2D eigenvalue weighted by atomic mass is 16.2. The van der Waals surface area contributed by atoms with Gasteiger partial charge in [-0.25, -0.2) is 0 Å². The fourth-order valence-corrected chi connectivity index (χ4v) is 4.71. The van der Waals surface area contributed by atoms with E-state index in [1.54, 1.807) is 41.1 Å². The third-order valence-electron chi connectivity index (χ3n) is 6.38. The minimum atomic E-state index is -0.311. The molecule has 1 aromatic carbocycles. The van der Waals surface area contributed by atoms with E-state index in [9.17, 15) is 19.2 Å². The molecule has 8 heteroatoms. The van der Waals surface area contributed by atoms with Gasteiger partial charge in [0.1, 0.15) is 0 Å². The highest BCUT2D eigenvalue weighted by Gasteiger charge is 2.45. The van der Waals surface area contributed by atoms with Gasteiger partial charge in [-0.3, -0.25) is 19.2 Å². The van der Waals surface area contributed by atoms with Crippen LogP contribution in [0.2, 0.25) is 0 Å². The van der Waals surface area contributed by atoms with Gasteiger partial charge in [-0.15, -0.1) is 0 Å². The summed E-state index contributed by atoms with van der Waals surface area (Å²) in [6, 6.07) is 7.23. The lowest BCUT2D eigenvalue weighted by Gasteiger charge is -2.20. The molecule has 5 rings (SSSR count). The van der Waals surface area contributed by atoms with Crippen molar-refractivity contribution in [1.82, 2.24) is 20.0 Å². The van der Waals surface area contributed by atoms with Crippen molar-refractivity contribution in [3.8, 4) is 0 Å². The third-order valence-corrected chi connectivity index (χ3v) is 6.38. The molecule has 4 aliphatic heterocycles. The number of fused-ring (bicyclic) bond motifs is 2. The Bertz CT molecular complexity index is 1290. The Morgan fingerprint density at radius 1 is 0.677 bits per heavy atom. The first-order valence-corrected chi connectivity index (χ1v) is 9.82. The lowest BCUT2D eigenvalue weighted by atomic mass is 9.99. The molecule has 0 spiro atoms. The number of hydrogen-bond acceptors (Lipinski definition) is 4. The molecule has 0 bridgehead atoms. The second-order valence-electron chi connectivity index (χ2n) is 8.04. The van der Waals surface area contributed by atoms with Crippen molar-refractivity contribution in [1.29, 1.82) is 0 Å². The molecular formula is C23H20N4O4. The zero-order valence-corrected chi connectivity index (χ0v) is 17.8. The summed E-state index contributed by atoms with van der Waals surface area (Å²) in [6.07, 6.45) is 0. The Morgan fingerprint density at radius 2 is 1.19 bits per heavy atom. The number of carbonyl (C=O) groups is 4. The van der Waals surface area contributed by atoms with E-state index in [0.717, 1.165) is 0 Å². The molecule has 0 saturated carbocycles. The number of carbonyl (C=O) groups excluding carboxylic acids is 4. The average Bonchev–Trinajstić information content (AvgIpc) is 3.35. The zero-order chi connectivity index (χ0) is 22.4. The molecule has 156 valence electrons. The Morgan fingerprint density at radius 3 is 1.81 bits per heavy atom. The van der Waals surface area contributed by atoms with E-state index >= 15 is 0 Å². The summed E-state index contributed by atoms with van der Waals surface area (Å²) in [7, 11) is 4.93. The van der Waals surface area contributed by atoms with Crippen LogP contribution in [0.15, 0.2) is 58.0 Å². The van der Waals surface area contributed by atoms with E-state index < -0.39 is 0 Å². The highest BCUT2D eigenvalue weighted by molar-refractivity contribution is 6.26. The largest absolute Gasteiger partial charge is 0.325 e. The summed E-state index contributed by atoms with van der Waals surface area (Å²) >= 11 is 0. The van der Waals surface area contributed by atoms with Crippen molar-refractivity contribution in [2.75, 3.05) is 21.1 Å². The SMILES string of the molecule is CC1=C2C(=O)N(C)C(c3cccc(C4=C5C(=O)N(C)C(C)=C5C(=O)N4C)c3)=C2C(=O)N1. The number of nitrogens with one attached hydrogen (secondary N) is 1. The van der Waals surface area contributed by atoms with E-state index in [1.165, 1.54) is 14.7 Å². The van der Waals surface area contributed by atoms with Crippen molar-refractivity contribution < 1.29 is 19.2 Å². The van der Waals surface area contributed by atoms with Gasteiger partial charge in [-0.1, -0.05) is 18.2 Å². The van der Waals surface area contributed by atoms with Gasteiger partial charge in [-0.2, -0.15) is 0 Å². The number of allylic oxidation sites excluding steroid dienone is 2. The second kappa shape index (κ2) is 6.04. The quantitative estimate of drug-likeness (QED) is 0.785. The maximum atomic E-state index is 12.9. The molecule has 31 heavy (non-hydrogen) atoms. The average molecular weight is 416 g/mol. The van der Waals surface area contributed by atoms with Crippen molar-refractivity contribution >= 4 is 35.0 Å². The molecule has 0 saturated heterocycles. The number of benzene rings is 1. The number of hydrogen-bond donors (Lipinski definition) is 1. The summed E-state index contributed by atoms with van der Waals surface area (Å²) in [5.74, 6) is -1.00. The smallest absolute Gasteiger partial charge is 0.260 e. The summed E-state index contributed by atoms with van der Waals surface area (Å²) in [4.78, 5) is 55.4. The minimum absolute atomic E-state index is 0.225. The topological polar surface area (TPSA) is 90.0 Å². The number of amides is 4. The van der Waals surface area contributed by atoms with Crippen molar-refractivity contribution in [2.45, 2.75) is 13.8 Å². The Kier molecular flexibility index (Phi) is 3.71. The normalized spacial score (nSPS) is 20.9. The first kappa shape index (κ1) is 19.0. The fourth-order valence-electron chi connectivity index (χ4n) is 4.71. The van der Waals surface area contributed by atoms with Crippen molar-refractivity contribution in [2.24, 2.45) is 0 Å². The van der Waals surface area contributed by atoms with Gasteiger partial charge in [0.2, 0.25) is 0 Å². The molecule has 8 nitrogen and oxygen atoms in total. The van der Waals surface area contributed by atoms with Gasteiger partial charge in [0, 0.05) is 32.5 Å². The van der Waals surface area contributed by atoms with E-state index in [-0.39, 0.29) is 23.6 Å². The van der Waals surface area contributed by atoms with Crippen LogP contribution in [0.3, 0.4) is 0 Å². The maximum Gasteiger partial charge on any atom is 0.260 e. The summed E-state index contributed by atoms with van der Waals surface area (Å²) in [5, 5.41) is 2.71. The van der Waals surface area contributed by atoms with Gasteiger partial charge in [0.05, 0.1) is 33.7 Å². The van der Waals surface area contributed by atoms with Crippen LogP contribution in [0.4, 0.5) is 0 Å². The van der Waals surface area contributed by atoms with Crippen LogP contribution in [0.25, 0.3) is 11.4 Å². The predicted molar refractivity (Wildman–Crippen MR) is 112 cm³/mol. The van der Waals surface area contributed by atoms with Gasteiger partial charge < -0.3 is 20.0 Å². The van der Waals surface area contributed by atoms with Gasteiger partial charge in [0.15, 0.2) is 0 Å². The highest BCUT2D eigenvalue weighted by Crippen LogP contribution is 2.43. The molecule has 0 fully saturated rings. The van der Waals surface area contributed by atoms with E-state index in [2.05, 4.69) is 5.32 Å². The predicted octanol–water partition coefficient (Wildman–Crippen LogP) is 1.20. The molecule has 0 atom stereocenters. The number of nitrogens with zero attached hydrogens (tertiary/aromatic N) is 3. The van der Waals surface area contributed by atoms with Gasteiger partial charge in [-0.05, 0) is 31.0 Å².